The van der Waals surface area contributed by atoms with E-state index in [0.29, 0.717) is 40.5 Å². The SMILES string of the molecule is CCc1ccc(COC(=O)Nc2ccc(Oc3ccc(F)cc3)cc2C(CC)CC)c(OC)c1C(=O)C(C)CC. The fourth-order valence-corrected chi connectivity index (χ4v) is 4.72. The number of rotatable bonds is 13. The van der Waals surface area contributed by atoms with E-state index in [4.69, 9.17) is 14.2 Å². The number of amides is 1. The third kappa shape index (κ3) is 7.40. The Bertz CT molecular complexity index is 1300. The summed E-state index contributed by atoms with van der Waals surface area (Å²) in [5, 5.41) is 2.88. The minimum absolute atomic E-state index is 0.0280. The maximum Gasteiger partial charge on any atom is 0.411 e. The second-order valence-electron chi connectivity index (χ2n) is 9.84. The average molecular weight is 550 g/mol. The Labute approximate surface area is 236 Å². The van der Waals surface area contributed by atoms with Gasteiger partial charge in [0.05, 0.1) is 12.7 Å². The summed E-state index contributed by atoms with van der Waals surface area (Å²) in [7, 11) is 1.53. The van der Waals surface area contributed by atoms with Gasteiger partial charge in [0.2, 0.25) is 0 Å². The molecule has 0 saturated heterocycles. The molecule has 1 N–H and O–H groups in total. The van der Waals surface area contributed by atoms with Crippen LogP contribution in [0.1, 0.15) is 86.8 Å². The van der Waals surface area contributed by atoms with Gasteiger partial charge in [-0.1, -0.05) is 46.8 Å². The van der Waals surface area contributed by atoms with Gasteiger partial charge in [0, 0.05) is 17.2 Å². The minimum Gasteiger partial charge on any atom is -0.496 e. The van der Waals surface area contributed by atoms with Gasteiger partial charge < -0.3 is 14.2 Å². The van der Waals surface area contributed by atoms with Gasteiger partial charge in [-0.3, -0.25) is 10.1 Å². The zero-order valence-electron chi connectivity index (χ0n) is 24.3. The van der Waals surface area contributed by atoms with Gasteiger partial charge >= 0.3 is 6.09 Å². The third-order valence-electron chi connectivity index (χ3n) is 7.31. The zero-order chi connectivity index (χ0) is 29.2. The Morgan fingerprint density at radius 2 is 1.52 bits per heavy atom. The average Bonchev–Trinajstić information content (AvgIpc) is 2.97. The second-order valence-corrected chi connectivity index (χ2v) is 9.84. The summed E-state index contributed by atoms with van der Waals surface area (Å²) in [6, 6.07) is 15.0. The monoisotopic (exact) mass is 549 g/mol. The van der Waals surface area contributed by atoms with Crippen molar-refractivity contribution in [1.82, 2.24) is 0 Å². The highest BCUT2D eigenvalue weighted by molar-refractivity contribution is 6.02. The van der Waals surface area contributed by atoms with Crippen molar-refractivity contribution in [2.45, 2.75) is 72.8 Å². The van der Waals surface area contributed by atoms with Crippen molar-refractivity contribution in [3.63, 3.8) is 0 Å². The fraction of sp³-hybridized carbons (Fsp3) is 0.394. The van der Waals surface area contributed by atoms with Gasteiger partial charge in [-0.25, -0.2) is 9.18 Å². The van der Waals surface area contributed by atoms with Crippen molar-refractivity contribution < 1.29 is 28.2 Å². The first-order valence-corrected chi connectivity index (χ1v) is 14.0. The molecule has 0 saturated carbocycles. The maximum atomic E-state index is 13.3. The largest absolute Gasteiger partial charge is 0.496 e. The van der Waals surface area contributed by atoms with E-state index >= 15 is 0 Å². The van der Waals surface area contributed by atoms with Gasteiger partial charge in [0.15, 0.2) is 5.78 Å². The van der Waals surface area contributed by atoms with Crippen molar-refractivity contribution in [3.05, 3.63) is 82.7 Å². The normalized spacial score (nSPS) is 11.7. The number of hydrogen-bond acceptors (Lipinski definition) is 5. The van der Waals surface area contributed by atoms with E-state index in [0.717, 1.165) is 30.4 Å². The van der Waals surface area contributed by atoms with Crippen molar-refractivity contribution in [1.29, 1.82) is 0 Å². The molecule has 0 aliphatic rings. The van der Waals surface area contributed by atoms with Crippen LogP contribution in [0.15, 0.2) is 54.6 Å². The first kappa shape index (κ1) is 30.7. The predicted octanol–water partition coefficient (Wildman–Crippen LogP) is 9.07. The molecule has 7 heteroatoms. The highest BCUT2D eigenvalue weighted by Crippen LogP contribution is 2.35. The van der Waals surface area contributed by atoms with Crippen LogP contribution in [-0.4, -0.2) is 19.0 Å². The minimum atomic E-state index is -0.615. The summed E-state index contributed by atoms with van der Waals surface area (Å²) >= 11 is 0. The Morgan fingerprint density at radius 3 is 2.12 bits per heavy atom. The lowest BCUT2D eigenvalue weighted by molar-refractivity contribution is 0.0922. The molecular weight excluding hydrogens is 509 g/mol. The highest BCUT2D eigenvalue weighted by atomic mass is 19.1. The van der Waals surface area contributed by atoms with Crippen LogP contribution >= 0.6 is 0 Å². The standard InChI is InChI=1S/C33H40FNO5/c1-7-21(5)31(36)30-23(10-4)11-12-24(32(30)38-6)20-39-33(37)35-29-18-17-27(19-28(29)22(8-2)9-3)40-26-15-13-25(34)14-16-26/h11-19,21-22H,7-10,20H2,1-6H3,(H,35,37). The van der Waals surface area contributed by atoms with Crippen LogP contribution in [0.4, 0.5) is 14.9 Å². The van der Waals surface area contributed by atoms with Crippen molar-refractivity contribution >= 4 is 17.6 Å². The second kappa shape index (κ2) is 14.5. The molecule has 0 spiro atoms. The molecule has 214 valence electrons. The molecule has 0 aromatic heterocycles. The molecule has 0 aliphatic carbocycles. The summed E-state index contributed by atoms with van der Waals surface area (Å²) in [6.45, 7) is 10.0. The van der Waals surface area contributed by atoms with E-state index in [9.17, 15) is 14.0 Å². The number of carbonyl (C=O) groups excluding carboxylic acids is 2. The Hall–Kier alpha value is -3.87. The van der Waals surface area contributed by atoms with Crippen LogP contribution in [0.2, 0.25) is 0 Å². The van der Waals surface area contributed by atoms with Gasteiger partial charge in [-0.15, -0.1) is 0 Å². The first-order valence-electron chi connectivity index (χ1n) is 14.0. The van der Waals surface area contributed by atoms with Gasteiger partial charge in [0.1, 0.15) is 29.7 Å². The lowest BCUT2D eigenvalue weighted by Crippen LogP contribution is -2.18. The molecule has 0 heterocycles. The lowest BCUT2D eigenvalue weighted by atomic mass is 9.90. The number of halogens is 1. The Kier molecular flexibility index (Phi) is 11.1. The summed E-state index contributed by atoms with van der Waals surface area (Å²) in [5.41, 5.74) is 3.66. The highest BCUT2D eigenvalue weighted by Gasteiger charge is 2.24. The number of aryl methyl sites for hydroxylation is 1. The van der Waals surface area contributed by atoms with Crippen LogP contribution in [0.25, 0.3) is 0 Å². The molecule has 0 radical (unpaired) electrons. The Morgan fingerprint density at radius 1 is 0.875 bits per heavy atom. The van der Waals surface area contributed by atoms with Crippen LogP contribution in [0.3, 0.4) is 0 Å². The number of Topliss-reactive ketones (excluding diaryl/α,β-unsaturated/α-hetero) is 1. The third-order valence-corrected chi connectivity index (χ3v) is 7.31. The molecule has 0 bridgehead atoms. The summed E-state index contributed by atoms with van der Waals surface area (Å²) in [6.07, 6.45) is 2.54. The first-order chi connectivity index (χ1) is 19.3. The summed E-state index contributed by atoms with van der Waals surface area (Å²) in [4.78, 5) is 26.1. The van der Waals surface area contributed by atoms with Crippen molar-refractivity contribution in [2.24, 2.45) is 5.92 Å². The van der Waals surface area contributed by atoms with Gasteiger partial charge in [0.25, 0.3) is 0 Å². The quantitative estimate of drug-likeness (QED) is 0.215. The van der Waals surface area contributed by atoms with Crippen LogP contribution < -0.4 is 14.8 Å². The number of carbonyl (C=O) groups is 2. The number of anilines is 1. The number of ketones is 1. The molecular formula is C33H40FNO5. The number of ether oxygens (including phenoxy) is 3. The summed E-state index contributed by atoms with van der Waals surface area (Å²) in [5.74, 6) is 1.30. The van der Waals surface area contributed by atoms with E-state index in [1.165, 1.54) is 19.2 Å². The molecule has 1 unspecified atom stereocenters. The fourth-order valence-electron chi connectivity index (χ4n) is 4.72. The predicted molar refractivity (Wildman–Crippen MR) is 156 cm³/mol. The molecule has 3 aromatic carbocycles. The lowest BCUT2D eigenvalue weighted by Gasteiger charge is -2.20. The maximum absolute atomic E-state index is 13.3. The van der Waals surface area contributed by atoms with Gasteiger partial charge in [-0.05, 0) is 85.2 Å². The molecule has 40 heavy (non-hydrogen) atoms. The van der Waals surface area contributed by atoms with E-state index in [-0.39, 0.29) is 30.0 Å². The molecule has 3 rings (SSSR count). The molecule has 1 amide bonds. The Balaban J connectivity index is 1.81. The van der Waals surface area contributed by atoms with Gasteiger partial charge in [-0.2, -0.15) is 0 Å². The molecule has 0 fully saturated rings. The van der Waals surface area contributed by atoms with Crippen LogP contribution in [0, 0.1) is 11.7 Å². The molecule has 6 nitrogen and oxygen atoms in total. The number of methoxy groups -OCH3 is 1. The van der Waals surface area contributed by atoms with Crippen LogP contribution in [0.5, 0.6) is 17.2 Å². The molecule has 1 atom stereocenters. The van der Waals surface area contributed by atoms with Crippen LogP contribution in [-0.2, 0) is 17.8 Å². The molecule has 3 aromatic rings. The smallest absolute Gasteiger partial charge is 0.411 e. The summed E-state index contributed by atoms with van der Waals surface area (Å²) < 4.78 is 30.5. The van der Waals surface area contributed by atoms with Crippen molar-refractivity contribution in [2.75, 3.05) is 12.4 Å². The van der Waals surface area contributed by atoms with Crippen molar-refractivity contribution in [3.8, 4) is 17.2 Å². The van der Waals surface area contributed by atoms with E-state index < -0.39 is 6.09 Å². The number of benzene rings is 3. The zero-order valence-corrected chi connectivity index (χ0v) is 24.3. The van der Waals surface area contributed by atoms with E-state index in [1.807, 2.05) is 39.0 Å². The number of nitrogens with one attached hydrogen (secondary N) is 1. The number of hydrogen-bond donors (Lipinski definition) is 1. The van der Waals surface area contributed by atoms with E-state index in [1.54, 1.807) is 24.3 Å². The van der Waals surface area contributed by atoms with E-state index in [2.05, 4.69) is 19.2 Å². The topological polar surface area (TPSA) is 73.9 Å². The molecule has 0 aliphatic heterocycles.